The Balaban J connectivity index is 2.19. The van der Waals surface area contributed by atoms with Gasteiger partial charge in [-0.25, -0.2) is 4.98 Å². The molecule has 0 aromatic carbocycles. The third-order valence-corrected chi connectivity index (χ3v) is 4.53. The van der Waals surface area contributed by atoms with E-state index in [1.807, 2.05) is 6.20 Å². The first-order valence-corrected chi connectivity index (χ1v) is 7.60. The molecule has 1 aromatic rings. The molecule has 0 radical (unpaired) electrons. The van der Waals surface area contributed by atoms with Crippen LogP contribution in [0.2, 0.25) is 0 Å². The molecular formula is C13H20N2O3S. The average molecular weight is 284 g/mol. The summed E-state index contributed by atoms with van der Waals surface area (Å²) in [5, 5.41) is 9.61. The molecule has 2 heterocycles. The number of hydrogen-bond acceptors (Lipinski definition) is 4. The van der Waals surface area contributed by atoms with Crippen molar-refractivity contribution in [3.63, 3.8) is 0 Å². The van der Waals surface area contributed by atoms with Crippen LogP contribution in [0.3, 0.4) is 0 Å². The van der Waals surface area contributed by atoms with Gasteiger partial charge in [-0.1, -0.05) is 18.7 Å². The van der Waals surface area contributed by atoms with E-state index in [0.29, 0.717) is 12.0 Å². The summed E-state index contributed by atoms with van der Waals surface area (Å²) in [5.41, 5.74) is 1.16. The molecule has 1 aromatic heterocycles. The van der Waals surface area contributed by atoms with E-state index in [4.69, 9.17) is 9.84 Å². The molecule has 2 unspecified atom stereocenters. The predicted molar refractivity (Wildman–Crippen MR) is 73.6 cm³/mol. The van der Waals surface area contributed by atoms with E-state index in [-0.39, 0.29) is 5.75 Å². The Kier molecular flexibility index (Phi) is 4.87. The lowest BCUT2D eigenvalue weighted by molar-refractivity contribution is -0.133. The maximum Gasteiger partial charge on any atom is 0.313 e. The van der Waals surface area contributed by atoms with Crippen molar-refractivity contribution in [2.75, 3.05) is 19.0 Å². The molecule has 106 valence electrons. The zero-order valence-electron chi connectivity index (χ0n) is 11.3. The normalized spacial score (nSPS) is 20.6. The molecule has 6 heteroatoms. The van der Waals surface area contributed by atoms with Gasteiger partial charge in [-0.2, -0.15) is 0 Å². The van der Waals surface area contributed by atoms with Crippen LogP contribution in [0.1, 0.15) is 32.0 Å². The van der Waals surface area contributed by atoms with E-state index in [1.54, 1.807) is 0 Å². The lowest BCUT2D eigenvalue weighted by Crippen LogP contribution is -2.19. The summed E-state index contributed by atoms with van der Waals surface area (Å²) >= 11 is 1.29. The molecular weight excluding hydrogens is 264 g/mol. The second-order valence-corrected chi connectivity index (χ2v) is 5.74. The van der Waals surface area contributed by atoms with E-state index < -0.39 is 5.97 Å². The molecule has 2 atom stereocenters. The highest BCUT2D eigenvalue weighted by atomic mass is 32.2. The lowest BCUT2D eigenvalue weighted by atomic mass is 10.0. The fourth-order valence-corrected chi connectivity index (χ4v) is 3.25. The van der Waals surface area contributed by atoms with Crippen LogP contribution in [-0.2, 0) is 16.0 Å². The Morgan fingerprint density at radius 1 is 1.74 bits per heavy atom. The molecule has 2 rings (SSSR count). The fourth-order valence-electron chi connectivity index (χ4n) is 2.45. The Morgan fingerprint density at radius 3 is 3.11 bits per heavy atom. The van der Waals surface area contributed by atoms with Gasteiger partial charge in [0.05, 0.1) is 12.4 Å². The van der Waals surface area contributed by atoms with Crippen molar-refractivity contribution in [1.29, 1.82) is 0 Å². The first-order valence-electron chi connectivity index (χ1n) is 6.62. The quantitative estimate of drug-likeness (QED) is 0.811. The number of aromatic nitrogens is 2. The van der Waals surface area contributed by atoms with Crippen LogP contribution in [0.25, 0.3) is 0 Å². The topological polar surface area (TPSA) is 64.3 Å². The summed E-state index contributed by atoms with van der Waals surface area (Å²) in [5.74, 6) is -0.272. The number of imidazole rings is 1. The average Bonchev–Trinajstić information content (AvgIpc) is 3.04. The maximum absolute atomic E-state index is 10.7. The largest absolute Gasteiger partial charge is 0.481 e. The number of carboxylic acids is 1. The van der Waals surface area contributed by atoms with Crippen LogP contribution in [0.15, 0.2) is 11.4 Å². The minimum absolute atomic E-state index is 0.0497. The maximum atomic E-state index is 10.7. The first kappa shape index (κ1) is 14.4. The molecule has 5 nitrogen and oxygen atoms in total. The molecule has 1 saturated heterocycles. The van der Waals surface area contributed by atoms with Crippen molar-refractivity contribution in [2.45, 2.75) is 37.9 Å². The number of rotatable bonds is 6. The fraction of sp³-hybridized carbons (Fsp3) is 0.692. The highest BCUT2D eigenvalue weighted by Crippen LogP contribution is 2.31. The van der Waals surface area contributed by atoms with E-state index in [2.05, 4.69) is 23.4 Å². The van der Waals surface area contributed by atoms with Gasteiger partial charge in [-0.05, 0) is 19.8 Å². The van der Waals surface area contributed by atoms with Gasteiger partial charge >= 0.3 is 5.97 Å². The van der Waals surface area contributed by atoms with E-state index >= 15 is 0 Å². The molecule has 1 fully saturated rings. The van der Waals surface area contributed by atoms with Crippen molar-refractivity contribution in [2.24, 2.45) is 5.92 Å². The highest BCUT2D eigenvalue weighted by molar-refractivity contribution is 7.99. The summed E-state index contributed by atoms with van der Waals surface area (Å²) in [6, 6.07) is 0.302. The third-order valence-electron chi connectivity index (χ3n) is 3.58. The van der Waals surface area contributed by atoms with Crippen LogP contribution in [0, 0.1) is 5.92 Å². The molecule has 1 N–H and O–H groups in total. The molecule has 1 aliphatic heterocycles. The SMILES string of the molecule is CCc1cnc(SCC(=O)O)n1C(C)C1CCOC1. The molecule has 0 aliphatic carbocycles. The summed E-state index contributed by atoms with van der Waals surface area (Å²) in [6.07, 6.45) is 3.82. The van der Waals surface area contributed by atoms with Gasteiger partial charge in [0.2, 0.25) is 0 Å². The van der Waals surface area contributed by atoms with Gasteiger partial charge in [0.25, 0.3) is 0 Å². The molecule has 1 aliphatic rings. The Labute approximate surface area is 117 Å². The smallest absolute Gasteiger partial charge is 0.313 e. The minimum atomic E-state index is -0.811. The second-order valence-electron chi connectivity index (χ2n) is 4.80. The van der Waals surface area contributed by atoms with Gasteiger partial charge < -0.3 is 14.4 Å². The minimum Gasteiger partial charge on any atom is -0.481 e. The molecule has 0 spiro atoms. The van der Waals surface area contributed by atoms with E-state index in [9.17, 15) is 4.79 Å². The predicted octanol–water partition coefficient (Wildman–Crippen LogP) is 2.22. The van der Waals surface area contributed by atoms with E-state index in [1.165, 1.54) is 11.8 Å². The monoisotopic (exact) mass is 284 g/mol. The first-order chi connectivity index (χ1) is 9.13. The van der Waals surface area contributed by atoms with Gasteiger partial charge in [-0.3, -0.25) is 4.79 Å². The number of aryl methyl sites for hydroxylation is 1. The standard InChI is InChI=1S/C13H20N2O3S/c1-3-11-6-14-13(19-8-12(16)17)15(11)9(2)10-4-5-18-7-10/h6,9-10H,3-5,7-8H2,1-2H3,(H,16,17). The van der Waals surface area contributed by atoms with Gasteiger partial charge in [-0.15, -0.1) is 0 Å². The molecule has 19 heavy (non-hydrogen) atoms. The van der Waals surface area contributed by atoms with Crippen molar-refractivity contribution >= 4 is 17.7 Å². The molecule has 0 saturated carbocycles. The van der Waals surface area contributed by atoms with E-state index in [0.717, 1.165) is 36.9 Å². The van der Waals surface area contributed by atoms with Gasteiger partial charge in [0.15, 0.2) is 5.16 Å². The van der Waals surface area contributed by atoms with Crippen LogP contribution >= 0.6 is 11.8 Å². The van der Waals surface area contributed by atoms with Crippen LogP contribution in [0.4, 0.5) is 0 Å². The highest BCUT2D eigenvalue weighted by Gasteiger charge is 2.26. The second kappa shape index (κ2) is 6.43. The molecule has 0 amide bonds. The number of carboxylic acid groups (broad SMARTS) is 1. The zero-order valence-corrected chi connectivity index (χ0v) is 12.2. The van der Waals surface area contributed by atoms with Gasteiger partial charge in [0.1, 0.15) is 0 Å². The van der Waals surface area contributed by atoms with Crippen molar-refractivity contribution in [3.8, 4) is 0 Å². The Bertz CT molecular complexity index is 441. The number of aliphatic carboxylic acids is 1. The van der Waals surface area contributed by atoms with Crippen molar-refractivity contribution < 1.29 is 14.6 Å². The molecule has 0 bridgehead atoms. The number of nitrogens with zero attached hydrogens (tertiary/aromatic N) is 2. The summed E-state index contributed by atoms with van der Waals surface area (Å²) < 4.78 is 7.64. The summed E-state index contributed by atoms with van der Waals surface area (Å²) in [4.78, 5) is 15.1. The number of carbonyl (C=O) groups is 1. The Hall–Kier alpha value is -1.01. The van der Waals surface area contributed by atoms with Crippen LogP contribution < -0.4 is 0 Å². The summed E-state index contributed by atoms with van der Waals surface area (Å²) in [7, 11) is 0. The zero-order chi connectivity index (χ0) is 13.8. The summed E-state index contributed by atoms with van der Waals surface area (Å²) in [6.45, 7) is 5.87. The number of ether oxygens (including phenoxy) is 1. The van der Waals surface area contributed by atoms with Crippen molar-refractivity contribution in [3.05, 3.63) is 11.9 Å². The number of thioether (sulfide) groups is 1. The Morgan fingerprint density at radius 2 is 2.53 bits per heavy atom. The van der Waals surface area contributed by atoms with Gasteiger partial charge in [0, 0.05) is 30.5 Å². The van der Waals surface area contributed by atoms with Crippen LogP contribution in [-0.4, -0.2) is 39.6 Å². The van der Waals surface area contributed by atoms with Crippen molar-refractivity contribution in [1.82, 2.24) is 9.55 Å². The number of hydrogen-bond donors (Lipinski definition) is 1. The van der Waals surface area contributed by atoms with Crippen LogP contribution in [0.5, 0.6) is 0 Å². The lowest BCUT2D eigenvalue weighted by Gasteiger charge is -2.23. The third kappa shape index (κ3) is 3.30.